The second-order valence-corrected chi connectivity index (χ2v) is 6.04. The molecule has 1 aliphatic heterocycles. The number of amidine groups is 2. The van der Waals surface area contributed by atoms with Gasteiger partial charge in [-0.2, -0.15) is 0 Å². The summed E-state index contributed by atoms with van der Waals surface area (Å²) in [6.45, 7) is 3.58. The van der Waals surface area contributed by atoms with Gasteiger partial charge in [-0.15, -0.1) is 24.8 Å². The Labute approximate surface area is 175 Å². The molecule has 1 fully saturated rings. The number of benzene rings is 2. The van der Waals surface area contributed by atoms with Crippen LogP contribution in [0.4, 0.5) is 11.4 Å². The predicted octanol–water partition coefficient (Wildman–Crippen LogP) is 2.05. The minimum Gasteiger partial charge on any atom is -0.409 e. The van der Waals surface area contributed by atoms with Gasteiger partial charge in [0.1, 0.15) is 0 Å². The molecule has 0 unspecified atom stereocenters. The van der Waals surface area contributed by atoms with Crippen LogP contribution < -0.4 is 21.3 Å². The van der Waals surface area contributed by atoms with Gasteiger partial charge in [-0.3, -0.25) is 0 Å². The largest absolute Gasteiger partial charge is 0.409 e. The summed E-state index contributed by atoms with van der Waals surface area (Å²) >= 11 is 0. The topological polar surface area (TPSA) is 124 Å². The molecular formula is C18H24Cl2N6O2. The second-order valence-electron chi connectivity index (χ2n) is 6.04. The predicted molar refractivity (Wildman–Crippen MR) is 117 cm³/mol. The Kier molecular flexibility index (Phi) is 8.69. The van der Waals surface area contributed by atoms with Crippen molar-refractivity contribution in [3.05, 3.63) is 59.7 Å². The summed E-state index contributed by atoms with van der Waals surface area (Å²) < 4.78 is 0. The van der Waals surface area contributed by atoms with Crippen molar-refractivity contribution >= 4 is 47.9 Å². The molecule has 1 aliphatic rings. The fraction of sp³-hybridized carbons (Fsp3) is 0.222. The standard InChI is InChI=1S/C18H22N6O2.2ClH/c19-17(21-25)13-1-5-15(6-2-13)23-9-11-24(12-10-23)16-7-3-14(4-8-16)18(20)22-26;;/h1-8,25-26H,9-12H2,(H2,19,21)(H2,20,22);2*1H. The molecule has 2 aromatic carbocycles. The maximum atomic E-state index is 8.73. The molecule has 1 saturated heterocycles. The monoisotopic (exact) mass is 426 g/mol. The van der Waals surface area contributed by atoms with E-state index >= 15 is 0 Å². The molecule has 28 heavy (non-hydrogen) atoms. The van der Waals surface area contributed by atoms with Crippen molar-refractivity contribution in [3.8, 4) is 0 Å². The molecule has 8 nitrogen and oxygen atoms in total. The maximum Gasteiger partial charge on any atom is 0.170 e. The highest BCUT2D eigenvalue weighted by molar-refractivity contribution is 5.97. The minimum absolute atomic E-state index is 0. The third-order valence-electron chi connectivity index (χ3n) is 4.55. The van der Waals surface area contributed by atoms with Crippen molar-refractivity contribution in [2.24, 2.45) is 21.8 Å². The molecule has 2 aromatic rings. The van der Waals surface area contributed by atoms with Crippen LogP contribution in [0.1, 0.15) is 11.1 Å². The number of piperazine rings is 1. The lowest BCUT2D eigenvalue weighted by molar-refractivity contribution is 0.318. The normalized spacial score (nSPS) is 14.9. The van der Waals surface area contributed by atoms with Gasteiger partial charge in [-0.1, -0.05) is 10.3 Å². The van der Waals surface area contributed by atoms with E-state index in [9.17, 15) is 0 Å². The lowest BCUT2D eigenvalue weighted by Gasteiger charge is -2.37. The van der Waals surface area contributed by atoms with Gasteiger partial charge in [0.05, 0.1) is 0 Å². The smallest absolute Gasteiger partial charge is 0.170 e. The van der Waals surface area contributed by atoms with E-state index in [0.717, 1.165) is 37.6 Å². The van der Waals surface area contributed by atoms with Crippen LogP contribution in [-0.2, 0) is 0 Å². The molecule has 0 saturated carbocycles. The molecule has 0 aromatic heterocycles. The van der Waals surface area contributed by atoms with Gasteiger partial charge in [0.2, 0.25) is 0 Å². The van der Waals surface area contributed by atoms with Gasteiger partial charge in [0.15, 0.2) is 11.7 Å². The van der Waals surface area contributed by atoms with Crippen LogP contribution in [0.5, 0.6) is 0 Å². The van der Waals surface area contributed by atoms with E-state index in [4.69, 9.17) is 21.9 Å². The Hall–Kier alpha value is -2.84. The fourth-order valence-electron chi connectivity index (χ4n) is 3.02. The average Bonchev–Trinajstić information content (AvgIpc) is 2.73. The van der Waals surface area contributed by atoms with Crippen LogP contribution >= 0.6 is 24.8 Å². The molecule has 1 heterocycles. The third kappa shape index (κ3) is 5.11. The summed E-state index contributed by atoms with van der Waals surface area (Å²) in [6, 6.07) is 15.3. The first-order chi connectivity index (χ1) is 12.6. The molecule has 0 aliphatic carbocycles. The van der Waals surface area contributed by atoms with Crippen LogP contribution in [0.2, 0.25) is 0 Å². The van der Waals surface area contributed by atoms with Gasteiger partial charge < -0.3 is 31.7 Å². The number of nitrogens with two attached hydrogens (primary N) is 2. The zero-order valence-electron chi connectivity index (χ0n) is 15.1. The van der Waals surface area contributed by atoms with Gasteiger partial charge in [-0.05, 0) is 48.5 Å². The molecular weight excluding hydrogens is 403 g/mol. The highest BCUT2D eigenvalue weighted by Gasteiger charge is 2.18. The van der Waals surface area contributed by atoms with Crippen molar-refractivity contribution < 1.29 is 10.4 Å². The van der Waals surface area contributed by atoms with Gasteiger partial charge >= 0.3 is 0 Å². The molecule has 6 N–H and O–H groups in total. The number of halogens is 2. The zero-order valence-corrected chi connectivity index (χ0v) is 16.7. The number of oxime groups is 2. The molecule has 0 spiro atoms. The Morgan fingerprint density at radius 1 is 0.643 bits per heavy atom. The number of nitrogens with zero attached hydrogens (tertiary/aromatic N) is 4. The Bertz CT molecular complexity index is 734. The van der Waals surface area contributed by atoms with E-state index in [-0.39, 0.29) is 36.5 Å². The SMILES string of the molecule is Cl.Cl.N/C(=N\O)c1ccc(N2CCN(c3ccc(/C(N)=N/O)cc3)CC2)cc1. The van der Waals surface area contributed by atoms with Gasteiger partial charge in [0.25, 0.3) is 0 Å². The molecule has 0 radical (unpaired) electrons. The average molecular weight is 427 g/mol. The number of hydrogen-bond donors (Lipinski definition) is 4. The summed E-state index contributed by atoms with van der Waals surface area (Å²) in [4.78, 5) is 4.61. The molecule has 0 bridgehead atoms. The van der Waals surface area contributed by atoms with Crippen molar-refractivity contribution in [1.29, 1.82) is 0 Å². The third-order valence-corrected chi connectivity index (χ3v) is 4.55. The zero-order chi connectivity index (χ0) is 18.5. The van der Waals surface area contributed by atoms with E-state index in [1.54, 1.807) is 0 Å². The minimum atomic E-state index is 0. The van der Waals surface area contributed by atoms with Crippen LogP contribution in [0, 0.1) is 0 Å². The summed E-state index contributed by atoms with van der Waals surface area (Å²) in [6.07, 6.45) is 0. The lowest BCUT2D eigenvalue weighted by atomic mass is 10.1. The Morgan fingerprint density at radius 3 is 1.18 bits per heavy atom. The summed E-state index contributed by atoms with van der Waals surface area (Å²) in [5, 5.41) is 23.5. The number of anilines is 2. The van der Waals surface area contributed by atoms with Crippen LogP contribution in [0.3, 0.4) is 0 Å². The summed E-state index contributed by atoms with van der Waals surface area (Å²) in [5.74, 6) is 0.216. The summed E-state index contributed by atoms with van der Waals surface area (Å²) in [7, 11) is 0. The Morgan fingerprint density at radius 2 is 0.929 bits per heavy atom. The first-order valence-electron chi connectivity index (χ1n) is 8.28. The van der Waals surface area contributed by atoms with Gasteiger partial charge in [-0.25, -0.2) is 0 Å². The van der Waals surface area contributed by atoms with E-state index in [1.165, 1.54) is 0 Å². The van der Waals surface area contributed by atoms with Crippen LogP contribution in [0.15, 0.2) is 58.8 Å². The highest BCUT2D eigenvalue weighted by atomic mass is 35.5. The van der Waals surface area contributed by atoms with Crippen LogP contribution in [0.25, 0.3) is 0 Å². The van der Waals surface area contributed by atoms with Crippen molar-refractivity contribution in [1.82, 2.24) is 0 Å². The van der Waals surface area contributed by atoms with Gasteiger partial charge in [0, 0.05) is 48.7 Å². The summed E-state index contributed by atoms with van der Waals surface area (Å²) in [5.41, 5.74) is 14.8. The second kappa shape index (κ2) is 10.5. The maximum absolute atomic E-state index is 8.73. The van der Waals surface area contributed by atoms with Crippen molar-refractivity contribution in [2.75, 3.05) is 36.0 Å². The van der Waals surface area contributed by atoms with Crippen molar-refractivity contribution in [3.63, 3.8) is 0 Å². The molecule has 3 rings (SSSR count). The lowest BCUT2D eigenvalue weighted by Crippen LogP contribution is -2.46. The van der Waals surface area contributed by atoms with Crippen molar-refractivity contribution in [2.45, 2.75) is 0 Å². The molecule has 10 heteroatoms. The molecule has 152 valence electrons. The molecule has 0 amide bonds. The number of rotatable bonds is 4. The van der Waals surface area contributed by atoms with E-state index in [0.29, 0.717) is 11.1 Å². The highest BCUT2D eigenvalue weighted by Crippen LogP contribution is 2.21. The van der Waals surface area contributed by atoms with Crippen LogP contribution in [-0.4, -0.2) is 48.3 Å². The Balaban J connectivity index is 0.00000196. The van der Waals surface area contributed by atoms with E-state index < -0.39 is 0 Å². The first-order valence-corrected chi connectivity index (χ1v) is 8.28. The molecule has 0 atom stereocenters. The quantitative estimate of drug-likeness (QED) is 0.256. The van der Waals surface area contributed by atoms with E-state index in [2.05, 4.69) is 20.1 Å². The first kappa shape index (κ1) is 23.2. The number of hydrogen-bond acceptors (Lipinski definition) is 6. The fourth-order valence-corrected chi connectivity index (χ4v) is 3.02. The van der Waals surface area contributed by atoms with E-state index in [1.807, 2.05) is 48.5 Å².